The molecule has 0 aromatic heterocycles. The van der Waals surface area contributed by atoms with Gasteiger partial charge >= 0.3 is 5.97 Å². The van der Waals surface area contributed by atoms with Gasteiger partial charge < -0.3 is 14.6 Å². The van der Waals surface area contributed by atoms with E-state index in [1.807, 2.05) is 0 Å². The number of phenols is 1. The molecule has 11 heteroatoms. The summed E-state index contributed by atoms with van der Waals surface area (Å²) in [5.41, 5.74) is 0.256. The first-order valence-corrected chi connectivity index (χ1v) is 11.3. The van der Waals surface area contributed by atoms with Crippen molar-refractivity contribution in [1.29, 1.82) is 0 Å². The summed E-state index contributed by atoms with van der Waals surface area (Å²) in [6, 6.07) is 10.5. The molecule has 7 nitrogen and oxygen atoms in total. The van der Waals surface area contributed by atoms with Crippen LogP contribution in [0.1, 0.15) is 10.4 Å². The van der Waals surface area contributed by atoms with E-state index in [4.69, 9.17) is 32.7 Å². The Labute approximate surface area is 192 Å². The van der Waals surface area contributed by atoms with Crippen LogP contribution < -0.4 is 9.46 Å². The van der Waals surface area contributed by atoms with Gasteiger partial charge in [0, 0.05) is 10.6 Å². The zero-order chi connectivity index (χ0) is 23.0. The average molecular weight is 498 g/mol. The summed E-state index contributed by atoms with van der Waals surface area (Å²) in [4.78, 5) is 11.7. The SMILES string of the molecule is O=C1OCCOc2ccc(Cl)cc2-c2ccc(F)c(c2)NS(=O)(=O)c2cc1cc(Cl)c2O. The number of anilines is 1. The number of nitrogens with one attached hydrogen (secondary N) is 1. The second-order valence-electron chi connectivity index (χ2n) is 6.73. The molecule has 0 amide bonds. The highest BCUT2D eigenvalue weighted by atomic mass is 35.5. The van der Waals surface area contributed by atoms with Crippen molar-refractivity contribution in [2.75, 3.05) is 17.9 Å². The zero-order valence-electron chi connectivity index (χ0n) is 16.1. The lowest BCUT2D eigenvalue weighted by atomic mass is 10.0. The third kappa shape index (κ3) is 4.32. The molecule has 1 aliphatic rings. The standard InChI is InChI=1S/C21H14Cl2FNO6S/c22-13-2-4-18-14(10-13)11-1-3-16(24)17(8-11)25-32(28,29)19-9-12(7-15(23)20(19)26)21(27)31-6-5-30-18/h1-4,7-10,25-26H,5-6H2. The van der Waals surface area contributed by atoms with Crippen LogP contribution in [0.15, 0.2) is 53.4 Å². The van der Waals surface area contributed by atoms with E-state index >= 15 is 0 Å². The second kappa shape index (κ2) is 8.50. The summed E-state index contributed by atoms with van der Waals surface area (Å²) in [7, 11) is -4.55. The number of carbonyl (C=O) groups is 1. The summed E-state index contributed by atoms with van der Waals surface area (Å²) in [6.07, 6.45) is 0. The molecule has 0 fully saturated rings. The highest BCUT2D eigenvalue weighted by Gasteiger charge is 2.26. The molecule has 32 heavy (non-hydrogen) atoms. The maximum atomic E-state index is 14.5. The van der Waals surface area contributed by atoms with E-state index in [0.717, 1.165) is 18.2 Å². The van der Waals surface area contributed by atoms with E-state index in [9.17, 15) is 22.7 Å². The molecule has 1 heterocycles. The first-order valence-electron chi connectivity index (χ1n) is 9.10. The summed E-state index contributed by atoms with van der Waals surface area (Å²) >= 11 is 12.0. The largest absolute Gasteiger partial charge is 0.505 e. The third-order valence-corrected chi connectivity index (χ3v) is 6.49. The van der Waals surface area contributed by atoms with Gasteiger partial charge in [0.05, 0.1) is 16.3 Å². The maximum absolute atomic E-state index is 14.5. The molecule has 0 unspecified atom stereocenters. The Morgan fingerprint density at radius 3 is 2.50 bits per heavy atom. The molecule has 0 saturated carbocycles. The van der Waals surface area contributed by atoms with E-state index in [1.165, 1.54) is 12.1 Å². The maximum Gasteiger partial charge on any atom is 0.338 e. The number of ether oxygens (including phenoxy) is 2. The van der Waals surface area contributed by atoms with Crippen LogP contribution in [0.4, 0.5) is 10.1 Å². The molecule has 0 atom stereocenters. The number of sulfonamides is 1. The molecule has 0 aliphatic carbocycles. The van der Waals surface area contributed by atoms with Crippen molar-refractivity contribution in [3.8, 4) is 22.6 Å². The lowest BCUT2D eigenvalue weighted by Gasteiger charge is -2.14. The Hall–Kier alpha value is -3.01. The van der Waals surface area contributed by atoms with E-state index < -0.39 is 43.2 Å². The number of carbonyl (C=O) groups excluding carboxylic acids is 1. The zero-order valence-corrected chi connectivity index (χ0v) is 18.4. The number of cyclic esters (lactones) is 1. The summed E-state index contributed by atoms with van der Waals surface area (Å²) in [5.74, 6) is -2.18. The predicted octanol–water partition coefficient (Wildman–Crippen LogP) is 4.86. The quantitative estimate of drug-likeness (QED) is 0.430. The van der Waals surface area contributed by atoms with Crippen molar-refractivity contribution in [3.63, 3.8) is 0 Å². The minimum atomic E-state index is -4.55. The smallest absolute Gasteiger partial charge is 0.338 e. The van der Waals surface area contributed by atoms with Gasteiger partial charge in [-0.15, -0.1) is 0 Å². The van der Waals surface area contributed by atoms with E-state index in [0.29, 0.717) is 21.9 Å². The normalized spacial score (nSPS) is 15.3. The molecule has 4 bridgehead atoms. The molecule has 1 aliphatic heterocycles. The molecule has 3 aromatic carbocycles. The minimum absolute atomic E-state index is 0.0242. The van der Waals surface area contributed by atoms with Crippen molar-refractivity contribution in [2.45, 2.75) is 4.90 Å². The summed E-state index contributed by atoms with van der Waals surface area (Å²) in [6.45, 7) is -0.182. The molecule has 0 radical (unpaired) electrons. The van der Waals surface area contributed by atoms with Crippen molar-refractivity contribution < 1.29 is 32.2 Å². The Bertz CT molecular complexity index is 1350. The fourth-order valence-corrected chi connectivity index (χ4v) is 4.74. The van der Waals surface area contributed by atoms with Gasteiger partial charge in [0.15, 0.2) is 5.75 Å². The molecular weight excluding hydrogens is 484 g/mol. The average Bonchev–Trinajstić information content (AvgIpc) is 2.74. The van der Waals surface area contributed by atoms with Crippen molar-refractivity contribution in [2.24, 2.45) is 0 Å². The second-order valence-corrected chi connectivity index (χ2v) is 9.22. The van der Waals surface area contributed by atoms with Crippen LogP contribution in [0.3, 0.4) is 0 Å². The van der Waals surface area contributed by atoms with Crippen LogP contribution in [0.5, 0.6) is 11.5 Å². The molecular formula is C21H14Cl2FNO6S. The molecule has 166 valence electrons. The van der Waals surface area contributed by atoms with Gasteiger partial charge in [0.2, 0.25) is 0 Å². The fraction of sp³-hybridized carbons (Fsp3) is 0.0952. The highest BCUT2D eigenvalue weighted by Crippen LogP contribution is 2.37. The lowest BCUT2D eigenvalue weighted by molar-refractivity contribution is 0.0450. The van der Waals surface area contributed by atoms with Gasteiger partial charge in [0.1, 0.15) is 29.7 Å². The molecule has 2 N–H and O–H groups in total. The number of phenolic OH excluding ortho intramolecular Hbond substituents is 1. The number of rotatable bonds is 0. The van der Waals surface area contributed by atoms with E-state index in [1.54, 1.807) is 18.2 Å². The Balaban J connectivity index is 1.91. The predicted molar refractivity (Wildman–Crippen MR) is 117 cm³/mol. The van der Waals surface area contributed by atoms with Crippen LogP contribution in [0.2, 0.25) is 10.0 Å². The van der Waals surface area contributed by atoms with Gasteiger partial charge in [0.25, 0.3) is 10.0 Å². The third-order valence-electron chi connectivity index (χ3n) is 4.59. The van der Waals surface area contributed by atoms with Crippen molar-refractivity contribution in [3.05, 3.63) is 70.0 Å². The van der Waals surface area contributed by atoms with Gasteiger partial charge in [-0.05, 0) is 48.0 Å². The highest BCUT2D eigenvalue weighted by molar-refractivity contribution is 7.92. The number of fused-ring (bicyclic) bond motifs is 6. The number of benzene rings is 3. The Morgan fingerprint density at radius 1 is 0.969 bits per heavy atom. The number of halogens is 3. The van der Waals surface area contributed by atoms with Gasteiger partial charge in [-0.3, -0.25) is 4.72 Å². The number of aromatic hydroxyl groups is 1. The first-order chi connectivity index (χ1) is 15.2. The number of hydrogen-bond donors (Lipinski definition) is 2. The van der Waals surface area contributed by atoms with Crippen molar-refractivity contribution in [1.82, 2.24) is 0 Å². The van der Waals surface area contributed by atoms with Crippen LogP contribution in [0.25, 0.3) is 11.1 Å². The van der Waals surface area contributed by atoms with Crippen LogP contribution in [0, 0.1) is 5.82 Å². The molecule has 4 rings (SSSR count). The fourth-order valence-electron chi connectivity index (χ4n) is 3.09. The summed E-state index contributed by atoms with van der Waals surface area (Å²) in [5, 5.41) is 10.2. The van der Waals surface area contributed by atoms with Crippen LogP contribution in [-0.4, -0.2) is 32.7 Å². The number of hydrogen-bond acceptors (Lipinski definition) is 6. The van der Waals surface area contributed by atoms with E-state index in [2.05, 4.69) is 4.72 Å². The summed E-state index contributed by atoms with van der Waals surface area (Å²) < 4.78 is 53.3. The Kier molecular flexibility index (Phi) is 5.89. The van der Waals surface area contributed by atoms with Crippen LogP contribution >= 0.6 is 23.2 Å². The topological polar surface area (TPSA) is 102 Å². The van der Waals surface area contributed by atoms with Gasteiger partial charge in [-0.1, -0.05) is 29.3 Å². The van der Waals surface area contributed by atoms with Gasteiger partial charge in [-0.2, -0.15) is 0 Å². The minimum Gasteiger partial charge on any atom is -0.505 e. The van der Waals surface area contributed by atoms with Crippen molar-refractivity contribution >= 4 is 44.9 Å². The van der Waals surface area contributed by atoms with E-state index in [-0.39, 0.29) is 18.8 Å². The van der Waals surface area contributed by atoms with Crippen LogP contribution in [-0.2, 0) is 14.8 Å². The Morgan fingerprint density at radius 2 is 1.72 bits per heavy atom. The molecule has 0 saturated heterocycles. The molecule has 3 aromatic rings. The monoisotopic (exact) mass is 497 g/mol. The first kappa shape index (κ1) is 22.2. The lowest BCUT2D eigenvalue weighted by Crippen LogP contribution is -2.16. The molecule has 0 spiro atoms. The van der Waals surface area contributed by atoms with Gasteiger partial charge in [-0.25, -0.2) is 17.6 Å². The number of esters is 1.